The highest BCUT2D eigenvalue weighted by molar-refractivity contribution is 4.89. The molecule has 4 aliphatic rings. The molecule has 1 aliphatic carbocycles. The van der Waals surface area contributed by atoms with Crippen LogP contribution in [0.15, 0.2) is 0 Å². The van der Waals surface area contributed by atoms with Crippen LogP contribution in [0.2, 0.25) is 0 Å². The number of nitrogens with zero attached hydrogens (tertiary/aromatic N) is 2. The quantitative estimate of drug-likeness (QED) is 0.688. The minimum atomic E-state index is 0.851. The summed E-state index contributed by atoms with van der Waals surface area (Å²) in [6.45, 7) is 7.81. The van der Waals surface area contributed by atoms with Gasteiger partial charge < -0.3 is 5.32 Å². The average molecular weight is 195 g/mol. The maximum atomic E-state index is 3.62. The van der Waals surface area contributed by atoms with Crippen molar-refractivity contribution in [1.82, 2.24) is 15.1 Å². The molecule has 3 nitrogen and oxygen atoms in total. The Morgan fingerprint density at radius 1 is 1.07 bits per heavy atom. The molecule has 4 fully saturated rings. The van der Waals surface area contributed by atoms with Crippen molar-refractivity contribution in [2.75, 3.05) is 39.3 Å². The van der Waals surface area contributed by atoms with Crippen molar-refractivity contribution in [2.45, 2.75) is 31.3 Å². The van der Waals surface area contributed by atoms with Crippen LogP contribution in [0.25, 0.3) is 0 Å². The van der Waals surface area contributed by atoms with Gasteiger partial charge >= 0.3 is 0 Å². The van der Waals surface area contributed by atoms with Gasteiger partial charge in [-0.1, -0.05) is 0 Å². The fraction of sp³-hybridized carbons (Fsp3) is 1.00. The number of piperazine rings is 3. The fourth-order valence-electron chi connectivity index (χ4n) is 2.74. The fourth-order valence-corrected chi connectivity index (χ4v) is 2.74. The number of nitrogens with one attached hydrogen (secondary N) is 1. The van der Waals surface area contributed by atoms with E-state index in [2.05, 4.69) is 15.1 Å². The van der Waals surface area contributed by atoms with Gasteiger partial charge in [0.2, 0.25) is 0 Å². The predicted octanol–water partition coefficient (Wildman–Crippen LogP) is 0.128. The van der Waals surface area contributed by atoms with E-state index < -0.39 is 0 Å². The van der Waals surface area contributed by atoms with Gasteiger partial charge in [-0.15, -0.1) is 0 Å². The molecule has 0 aromatic rings. The third kappa shape index (κ3) is 1.95. The first-order valence-corrected chi connectivity index (χ1v) is 6.11. The second-order valence-electron chi connectivity index (χ2n) is 5.01. The van der Waals surface area contributed by atoms with Crippen LogP contribution >= 0.6 is 0 Å². The van der Waals surface area contributed by atoms with Crippen LogP contribution in [0.4, 0.5) is 0 Å². The van der Waals surface area contributed by atoms with Crippen molar-refractivity contribution in [2.24, 2.45) is 0 Å². The minimum Gasteiger partial charge on any atom is -0.314 e. The molecule has 0 spiro atoms. The number of hydrogen-bond donors (Lipinski definition) is 1. The predicted molar refractivity (Wildman–Crippen MR) is 57.4 cm³/mol. The highest BCUT2D eigenvalue weighted by atomic mass is 15.3. The van der Waals surface area contributed by atoms with Gasteiger partial charge in [0.05, 0.1) is 0 Å². The van der Waals surface area contributed by atoms with Crippen molar-refractivity contribution in [3.05, 3.63) is 0 Å². The smallest absolute Gasteiger partial charge is 0.0236 e. The van der Waals surface area contributed by atoms with E-state index in [9.17, 15) is 0 Å². The number of fused-ring (bicyclic) bond motifs is 3. The second-order valence-corrected chi connectivity index (χ2v) is 5.01. The zero-order valence-corrected chi connectivity index (χ0v) is 8.91. The Hall–Kier alpha value is -0.120. The zero-order chi connectivity index (χ0) is 9.38. The zero-order valence-electron chi connectivity index (χ0n) is 8.91. The highest BCUT2D eigenvalue weighted by Crippen LogP contribution is 2.20. The van der Waals surface area contributed by atoms with E-state index in [1.165, 1.54) is 58.5 Å². The van der Waals surface area contributed by atoms with Crippen molar-refractivity contribution >= 4 is 0 Å². The maximum Gasteiger partial charge on any atom is 0.0236 e. The van der Waals surface area contributed by atoms with Gasteiger partial charge in [-0.25, -0.2) is 0 Å². The van der Waals surface area contributed by atoms with Crippen LogP contribution in [-0.2, 0) is 0 Å². The van der Waals surface area contributed by atoms with E-state index in [0.29, 0.717) is 0 Å². The minimum absolute atomic E-state index is 0.851. The summed E-state index contributed by atoms with van der Waals surface area (Å²) in [4.78, 5) is 5.32. The van der Waals surface area contributed by atoms with E-state index in [1.54, 1.807) is 0 Å². The average Bonchev–Trinajstić information content (AvgIpc) is 3.04. The summed E-state index contributed by atoms with van der Waals surface area (Å²) in [6, 6.07) is 1.73. The maximum absolute atomic E-state index is 3.62. The normalized spacial score (nSPS) is 41.6. The molecular weight excluding hydrogens is 174 g/mol. The van der Waals surface area contributed by atoms with E-state index in [1.807, 2.05) is 0 Å². The molecule has 2 bridgehead atoms. The molecule has 1 unspecified atom stereocenters. The lowest BCUT2D eigenvalue weighted by molar-refractivity contribution is 0.0100. The summed E-state index contributed by atoms with van der Waals surface area (Å²) in [5, 5.41) is 3.62. The SMILES string of the molecule is C(CC1CN2CCN1CC2)NC1CC1. The molecule has 4 rings (SSSR count). The van der Waals surface area contributed by atoms with E-state index in [-0.39, 0.29) is 0 Å². The molecule has 3 heterocycles. The highest BCUT2D eigenvalue weighted by Gasteiger charge is 2.31. The molecular formula is C11H21N3. The first-order valence-electron chi connectivity index (χ1n) is 6.11. The van der Waals surface area contributed by atoms with E-state index in [4.69, 9.17) is 0 Å². The van der Waals surface area contributed by atoms with Gasteiger partial charge in [0.1, 0.15) is 0 Å². The summed E-state index contributed by atoms with van der Waals surface area (Å²) in [5.74, 6) is 0. The van der Waals surface area contributed by atoms with Crippen molar-refractivity contribution < 1.29 is 0 Å². The summed E-state index contributed by atoms with van der Waals surface area (Å²) in [7, 11) is 0. The Labute approximate surface area is 86.4 Å². The van der Waals surface area contributed by atoms with Crippen LogP contribution in [0.3, 0.4) is 0 Å². The van der Waals surface area contributed by atoms with Crippen LogP contribution < -0.4 is 5.32 Å². The summed E-state index contributed by atoms with van der Waals surface area (Å²) in [6.07, 6.45) is 4.19. The van der Waals surface area contributed by atoms with Gasteiger partial charge in [0.15, 0.2) is 0 Å². The van der Waals surface area contributed by atoms with E-state index in [0.717, 1.165) is 12.1 Å². The van der Waals surface area contributed by atoms with Crippen LogP contribution in [0.5, 0.6) is 0 Å². The number of rotatable bonds is 4. The molecule has 1 atom stereocenters. The van der Waals surface area contributed by atoms with Crippen molar-refractivity contribution in [1.29, 1.82) is 0 Å². The van der Waals surface area contributed by atoms with Crippen LogP contribution in [-0.4, -0.2) is 61.2 Å². The second kappa shape index (κ2) is 3.80. The molecule has 14 heavy (non-hydrogen) atoms. The van der Waals surface area contributed by atoms with Gasteiger partial charge in [-0.3, -0.25) is 9.80 Å². The number of hydrogen-bond acceptors (Lipinski definition) is 3. The Morgan fingerprint density at radius 2 is 1.86 bits per heavy atom. The Kier molecular flexibility index (Phi) is 2.48. The topological polar surface area (TPSA) is 18.5 Å². The molecule has 3 aliphatic heterocycles. The van der Waals surface area contributed by atoms with Crippen LogP contribution in [0.1, 0.15) is 19.3 Å². The molecule has 1 saturated carbocycles. The third-order valence-electron chi connectivity index (χ3n) is 3.88. The molecule has 0 amide bonds. The molecule has 3 saturated heterocycles. The Balaban J connectivity index is 1.43. The van der Waals surface area contributed by atoms with Gasteiger partial charge in [0.25, 0.3) is 0 Å². The summed E-state index contributed by atoms with van der Waals surface area (Å²) >= 11 is 0. The first kappa shape index (κ1) is 9.13. The third-order valence-corrected chi connectivity index (χ3v) is 3.88. The van der Waals surface area contributed by atoms with Crippen LogP contribution in [0, 0.1) is 0 Å². The lowest BCUT2D eigenvalue weighted by Gasteiger charge is -2.47. The molecule has 0 aromatic carbocycles. The lowest BCUT2D eigenvalue weighted by atomic mass is 10.1. The molecule has 80 valence electrons. The Bertz CT molecular complexity index is 195. The van der Waals surface area contributed by atoms with Crippen molar-refractivity contribution in [3.8, 4) is 0 Å². The standard InChI is InChI=1S/C11H21N3/c1-2-10(1)12-4-3-11-9-13-5-7-14(11)8-6-13/h10-12H,1-9H2. The van der Waals surface area contributed by atoms with Gasteiger partial charge in [-0.05, 0) is 25.8 Å². The van der Waals surface area contributed by atoms with Gasteiger partial charge in [0, 0.05) is 44.8 Å². The summed E-state index contributed by atoms with van der Waals surface area (Å²) in [5.41, 5.74) is 0. The van der Waals surface area contributed by atoms with Gasteiger partial charge in [-0.2, -0.15) is 0 Å². The molecule has 0 aromatic heterocycles. The largest absolute Gasteiger partial charge is 0.314 e. The molecule has 3 heteroatoms. The monoisotopic (exact) mass is 195 g/mol. The molecule has 0 radical (unpaired) electrons. The first-order chi connectivity index (χ1) is 6.92. The lowest BCUT2D eigenvalue weighted by Crippen LogP contribution is -2.61. The van der Waals surface area contributed by atoms with Crippen molar-refractivity contribution in [3.63, 3.8) is 0 Å². The summed E-state index contributed by atoms with van der Waals surface area (Å²) < 4.78 is 0. The Morgan fingerprint density at radius 3 is 2.43 bits per heavy atom. The van der Waals surface area contributed by atoms with E-state index >= 15 is 0 Å². The molecule has 1 N–H and O–H groups in total.